The Morgan fingerprint density at radius 3 is 2.74 bits per heavy atom. The summed E-state index contributed by atoms with van der Waals surface area (Å²) in [5, 5.41) is 8.14. The summed E-state index contributed by atoms with van der Waals surface area (Å²) in [6.07, 6.45) is 2.64. The number of nitrogens with one attached hydrogen (secondary N) is 1. The van der Waals surface area contributed by atoms with E-state index in [-0.39, 0.29) is 0 Å². The second-order valence-corrected chi connectivity index (χ2v) is 5.13. The van der Waals surface area contributed by atoms with Crippen LogP contribution in [0.15, 0.2) is 0 Å². The number of methoxy groups -OCH3 is 1. The minimum absolute atomic E-state index is 0.645. The average Bonchev–Trinajstić information content (AvgIpc) is 3.17. The van der Waals surface area contributed by atoms with Crippen LogP contribution >= 0.6 is 0 Å². The number of nitrogens with zero attached hydrogens (tertiary/aromatic N) is 2. The van der Waals surface area contributed by atoms with Gasteiger partial charge in [0.15, 0.2) is 0 Å². The molecule has 0 bridgehead atoms. The van der Waals surface area contributed by atoms with Gasteiger partial charge >= 0.3 is 0 Å². The van der Waals surface area contributed by atoms with Crippen molar-refractivity contribution >= 4 is 0 Å². The standard InChI is InChI=1S/C14H25N3O2/c1-11-14(10-15-13-4-5-13)12(2)17(16-11)6-7-19-9-8-18-3/h13,15H,4-10H2,1-3H3. The van der Waals surface area contributed by atoms with Gasteiger partial charge in [-0.05, 0) is 26.7 Å². The van der Waals surface area contributed by atoms with Crippen molar-refractivity contribution in [2.24, 2.45) is 0 Å². The van der Waals surface area contributed by atoms with E-state index in [0.717, 1.165) is 24.8 Å². The number of aryl methyl sites for hydroxylation is 1. The average molecular weight is 267 g/mol. The molecule has 1 aromatic rings. The predicted octanol–water partition coefficient (Wildman–Crippen LogP) is 1.41. The number of rotatable bonds is 9. The minimum atomic E-state index is 0.645. The van der Waals surface area contributed by atoms with Gasteiger partial charge in [0, 0.05) is 31.0 Å². The maximum atomic E-state index is 5.49. The molecule has 0 aromatic carbocycles. The lowest BCUT2D eigenvalue weighted by Gasteiger charge is -2.07. The molecular weight excluding hydrogens is 242 g/mol. The Balaban J connectivity index is 1.80. The lowest BCUT2D eigenvalue weighted by atomic mass is 10.2. The second-order valence-electron chi connectivity index (χ2n) is 5.13. The van der Waals surface area contributed by atoms with E-state index < -0.39 is 0 Å². The Kier molecular flexibility index (Phi) is 5.36. The summed E-state index contributed by atoms with van der Waals surface area (Å²) in [6.45, 7) is 7.94. The minimum Gasteiger partial charge on any atom is -0.382 e. The van der Waals surface area contributed by atoms with Crippen LogP contribution in [0.25, 0.3) is 0 Å². The molecular formula is C14H25N3O2. The molecule has 5 heteroatoms. The van der Waals surface area contributed by atoms with E-state index in [9.17, 15) is 0 Å². The van der Waals surface area contributed by atoms with E-state index in [1.807, 2.05) is 4.68 Å². The van der Waals surface area contributed by atoms with Gasteiger partial charge in [0.25, 0.3) is 0 Å². The van der Waals surface area contributed by atoms with Gasteiger partial charge in [-0.15, -0.1) is 0 Å². The van der Waals surface area contributed by atoms with Crippen LogP contribution < -0.4 is 5.32 Å². The Labute approximate surface area is 115 Å². The van der Waals surface area contributed by atoms with E-state index in [0.29, 0.717) is 19.8 Å². The van der Waals surface area contributed by atoms with Gasteiger partial charge in [-0.1, -0.05) is 0 Å². The van der Waals surface area contributed by atoms with Crippen LogP contribution in [-0.2, 0) is 22.6 Å². The largest absolute Gasteiger partial charge is 0.382 e. The highest BCUT2D eigenvalue weighted by Gasteiger charge is 2.21. The topological polar surface area (TPSA) is 48.3 Å². The third kappa shape index (κ3) is 4.30. The summed E-state index contributed by atoms with van der Waals surface area (Å²) in [7, 11) is 1.68. The molecule has 0 spiro atoms. The summed E-state index contributed by atoms with van der Waals surface area (Å²) in [5.74, 6) is 0. The third-order valence-corrected chi connectivity index (χ3v) is 3.56. The molecule has 2 rings (SSSR count). The zero-order chi connectivity index (χ0) is 13.7. The van der Waals surface area contributed by atoms with Crippen molar-refractivity contribution in [3.05, 3.63) is 17.0 Å². The normalized spacial score (nSPS) is 15.1. The van der Waals surface area contributed by atoms with Gasteiger partial charge in [-0.3, -0.25) is 4.68 Å². The molecule has 0 unspecified atom stereocenters. The predicted molar refractivity (Wildman–Crippen MR) is 74.3 cm³/mol. The third-order valence-electron chi connectivity index (χ3n) is 3.56. The van der Waals surface area contributed by atoms with Gasteiger partial charge in [0.05, 0.1) is 32.1 Å². The Morgan fingerprint density at radius 1 is 1.26 bits per heavy atom. The van der Waals surface area contributed by atoms with Crippen molar-refractivity contribution in [3.8, 4) is 0 Å². The number of ether oxygens (including phenoxy) is 2. The van der Waals surface area contributed by atoms with E-state index in [1.165, 1.54) is 24.1 Å². The van der Waals surface area contributed by atoms with E-state index >= 15 is 0 Å². The molecule has 1 aliphatic carbocycles. The van der Waals surface area contributed by atoms with Crippen molar-refractivity contribution in [2.45, 2.75) is 45.8 Å². The molecule has 0 saturated heterocycles. The van der Waals surface area contributed by atoms with Crippen LogP contribution in [0.5, 0.6) is 0 Å². The summed E-state index contributed by atoms with van der Waals surface area (Å²) < 4.78 is 12.5. The van der Waals surface area contributed by atoms with E-state index in [4.69, 9.17) is 9.47 Å². The molecule has 1 heterocycles. The first kappa shape index (κ1) is 14.5. The number of hydrogen-bond acceptors (Lipinski definition) is 4. The van der Waals surface area contributed by atoms with Crippen LogP contribution in [0.1, 0.15) is 29.8 Å². The van der Waals surface area contributed by atoms with Crippen LogP contribution in [0.4, 0.5) is 0 Å². The fourth-order valence-electron chi connectivity index (χ4n) is 2.14. The van der Waals surface area contributed by atoms with Crippen LogP contribution in [-0.4, -0.2) is 42.8 Å². The first-order valence-electron chi connectivity index (χ1n) is 7.05. The van der Waals surface area contributed by atoms with E-state index in [2.05, 4.69) is 24.3 Å². The molecule has 1 saturated carbocycles. The molecule has 19 heavy (non-hydrogen) atoms. The van der Waals surface area contributed by atoms with Gasteiger partial charge in [-0.25, -0.2) is 0 Å². The quantitative estimate of drug-likeness (QED) is 0.687. The molecule has 1 N–H and O–H groups in total. The molecule has 5 nitrogen and oxygen atoms in total. The first-order valence-corrected chi connectivity index (χ1v) is 7.05. The highest BCUT2D eigenvalue weighted by molar-refractivity contribution is 5.24. The van der Waals surface area contributed by atoms with Crippen LogP contribution in [0.3, 0.4) is 0 Å². The fraction of sp³-hybridized carbons (Fsp3) is 0.786. The van der Waals surface area contributed by atoms with E-state index in [1.54, 1.807) is 7.11 Å². The lowest BCUT2D eigenvalue weighted by Crippen LogP contribution is -2.16. The van der Waals surface area contributed by atoms with Crippen molar-refractivity contribution in [2.75, 3.05) is 26.9 Å². The van der Waals surface area contributed by atoms with Gasteiger partial charge in [0.1, 0.15) is 0 Å². The Bertz CT molecular complexity index is 400. The lowest BCUT2D eigenvalue weighted by molar-refractivity contribution is 0.0651. The number of hydrogen-bond donors (Lipinski definition) is 1. The summed E-state index contributed by atoms with van der Waals surface area (Å²) in [5.41, 5.74) is 3.72. The molecule has 1 aromatic heterocycles. The molecule has 0 amide bonds. The second kappa shape index (κ2) is 7.03. The van der Waals surface area contributed by atoms with Crippen molar-refractivity contribution < 1.29 is 9.47 Å². The van der Waals surface area contributed by atoms with Crippen molar-refractivity contribution in [3.63, 3.8) is 0 Å². The monoisotopic (exact) mass is 267 g/mol. The molecule has 0 aliphatic heterocycles. The van der Waals surface area contributed by atoms with Gasteiger partial charge < -0.3 is 14.8 Å². The van der Waals surface area contributed by atoms with Crippen LogP contribution in [0, 0.1) is 13.8 Å². The number of aromatic nitrogens is 2. The van der Waals surface area contributed by atoms with Crippen molar-refractivity contribution in [1.82, 2.24) is 15.1 Å². The molecule has 108 valence electrons. The zero-order valence-corrected chi connectivity index (χ0v) is 12.2. The summed E-state index contributed by atoms with van der Waals surface area (Å²) in [6, 6.07) is 0.736. The SMILES string of the molecule is COCCOCCn1nc(C)c(CNC2CC2)c1C. The highest BCUT2D eigenvalue weighted by Crippen LogP contribution is 2.20. The maximum Gasteiger partial charge on any atom is 0.0701 e. The van der Waals surface area contributed by atoms with Crippen molar-refractivity contribution in [1.29, 1.82) is 0 Å². The summed E-state index contributed by atoms with van der Waals surface area (Å²) in [4.78, 5) is 0. The zero-order valence-electron chi connectivity index (χ0n) is 12.2. The maximum absolute atomic E-state index is 5.49. The highest BCUT2D eigenvalue weighted by atomic mass is 16.5. The molecule has 0 atom stereocenters. The Hall–Kier alpha value is -0.910. The summed E-state index contributed by atoms with van der Waals surface area (Å²) >= 11 is 0. The van der Waals surface area contributed by atoms with Gasteiger partial charge in [-0.2, -0.15) is 5.10 Å². The first-order chi connectivity index (χ1) is 9.22. The molecule has 1 aliphatic rings. The molecule has 1 fully saturated rings. The van der Waals surface area contributed by atoms with Gasteiger partial charge in [0.2, 0.25) is 0 Å². The molecule has 0 radical (unpaired) electrons. The van der Waals surface area contributed by atoms with Crippen LogP contribution in [0.2, 0.25) is 0 Å². The fourth-order valence-corrected chi connectivity index (χ4v) is 2.14. The smallest absolute Gasteiger partial charge is 0.0701 e. The Morgan fingerprint density at radius 2 is 2.05 bits per heavy atom.